The molecule has 1 heterocycles. The summed E-state index contributed by atoms with van der Waals surface area (Å²) in [5.74, 6) is -2.13. The van der Waals surface area contributed by atoms with Crippen LogP contribution in [0.2, 0.25) is 10.0 Å². The van der Waals surface area contributed by atoms with Gasteiger partial charge in [0.05, 0.1) is 10.6 Å². The second kappa shape index (κ2) is 9.41. The predicted molar refractivity (Wildman–Crippen MR) is 113 cm³/mol. The van der Waals surface area contributed by atoms with Crippen molar-refractivity contribution >= 4 is 46.7 Å². The lowest BCUT2D eigenvalue weighted by Gasteiger charge is -2.39. The molecule has 3 rings (SSSR count). The number of nitrogens with zero attached hydrogens (tertiary/aromatic N) is 2. The number of carbonyl (C=O) groups excluding carboxylic acids is 4. The summed E-state index contributed by atoms with van der Waals surface area (Å²) in [6, 6.07) is 11.7. The van der Waals surface area contributed by atoms with Crippen molar-refractivity contribution in [1.29, 1.82) is 0 Å². The lowest BCUT2D eigenvalue weighted by molar-refractivity contribution is -0.165. The molecule has 0 saturated carbocycles. The number of ketones is 1. The smallest absolute Gasteiger partial charge is 0.275 e. The maximum Gasteiger partial charge on any atom is 0.275 e. The molecule has 2 aromatic carbocycles. The highest BCUT2D eigenvalue weighted by Gasteiger charge is 2.41. The van der Waals surface area contributed by atoms with Crippen LogP contribution in [0.25, 0.3) is 0 Å². The average Bonchev–Trinajstić information content (AvgIpc) is 2.73. The van der Waals surface area contributed by atoms with E-state index in [0.29, 0.717) is 17.0 Å². The van der Waals surface area contributed by atoms with Gasteiger partial charge in [-0.3, -0.25) is 19.2 Å². The molecule has 1 aliphatic heterocycles. The van der Waals surface area contributed by atoms with Gasteiger partial charge in [0, 0.05) is 23.4 Å². The molecule has 6 nitrogen and oxygen atoms in total. The summed E-state index contributed by atoms with van der Waals surface area (Å²) >= 11 is 12.2. The molecule has 0 spiro atoms. The summed E-state index contributed by atoms with van der Waals surface area (Å²) < 4.78 is 0. The van der Waals surface area contributed by atoms with Crippen LogP contribution in [0.5, 0.6) is 0 Å². The zero-order chi connectivity index (χ0) is 21.8. The Kier molecular flexibility index (Phi) is 6.90. The number of piperidine rings is 1. The predicted octanol–water partition coefficient (Wildman–Crippen LogP) is 4.55. The molecule has 156 valence electrons. The number of hydrogen-bond donors (Lipinski definition) is 0. The van der Waals surface area contributed by atoms with E-state index in [0.717, 1.165) is 10.0 Å². The molecular formula is C22H20Cl2N2O4. The highest BCUT2D eigenvalue weighted by molar-refractivity contribution is 6.36. The van der Waals surface area contributed by atoms with E-state index >= 15 is 0 Å². The minimum absolute atomic E-state index is 0.0477. The van der Waals surface area contributed by atoms with Crippen molar-refractivity contribution in [3.8, 4) is 0 Å². The van der Waals surface area contributed by atoms with E-state index < -0.39 is 23.8 Å². The van der Waals surface area contributed by atoms with Crippen LogP contribution in [0.15, 0.2) is 48.5 Å². The van der Waals surface area contributed by atoms with Gasteiger partial charge in [-0.15, -0.1) is 0 Å². The number of amides is 3. The molecule has 3 amide bonds. The average molecular weight is 447 g/mol. The molecular weight excluding hydrogens is 427 g/mol. The third-order valence-electron chi connectivity index (χ3n) is 4.88. The first kappa shape index (κ1) is 22.0. The SMILES string of the molecule is CC[C@H](C(=O)c1ccccc1)N(C(=O)c1ccc(Cl)cc1Cl)N1C(=O)CCCC1=O. The number of hydrazine groups is 1. The van der Waals surface area contributed by atoms with Gasteiger partial charge in [0.1, 0.15) is 6.04 Å². The van der Waals surface area contributed by atoms with Crippen molar-refractivity contribution in [3.05, 3.63) is 69.7 Å². The van der Waals surface area contributed by atoms with Gasteiger partial charge >= 0.3 is 0 Å². The normalized spacial score (nSPS) is 15.1. The zero-order valence-electron chi connectivity index (χ0n) is 16.3. The fourth-order valence-electron chi connectivity index (χ4n) is 3.40. The molecule has 30 heavy (non-hydrogen) atoms. The van der Waals surface area contributed by atoms with Crippen LogP contribution in [-0.2, 0) is 9.59 Å². The van der Waals surface area contributed by atoms with E-state index in [1.165, 1.54) is 18.2 Å². The molecule has 0 radical (unpaired) electrons. The van der Waals surface area contributed by atoms with Crippen LogP contribution in [-0.4, -0.2) is 39.6 Å². The Bertz CT molecular complexity index is 978. The van der Waals surface area contributed by atoms with Crippen molar-refractivity contribution < 1.29 is 19.2 Å². The van der Waals surface area contributed by atoms with Crippen molar-refractivity contribution in [2.24, 2.45) is 0 Å². The van der Waals surface area contributed by atoms with Crippen molar-refractivity contribution in [3.63, 3.8) is 0 Å². The van der Waals surface area contributed by atoms with Gasteiger partial charge in [-0.05, 0) is 31.0 Å². The van der Waals surface area contributed by atoms with E-state index in [-0.39, 0.29) is 35.6 Å². The standard InChI is InChI=1S/C22H20Cl2N2O4/c1-2-18(21(29)14-7-4-3-5-8-14)25(26-19(27)9-6-10-20(26)28)22(30)16-12-11-15(23)13-17(16)24/h3-5,7-8,11-13,18H,2,6,9-10H2,1H3/t18-/m1/s1. The van der Waals surface area contributed by atoms with E-state index in [2.05, 4.69) is 0 Å². The van der Waals surface area contributed by atoms with Gasteiger partial charge in [-0.1, -0.05) is 60.5 Å². The quantitative estimate of drug-likeness (QED) is 0.481. The van der Waals surface area contributed by atoms with Crippen LogP contribution >= 0.6 is 23.2 Å². The molecule has 0 N–H and O–H groups in total. The molecule has 1 aliphatic rings. The van der Waals surface area contributed by atoms with E-state index in [1.807, 2.05) is 0 Å². The Hall–Kier alpha value is -2.70. The van der Waals surface area contributed by atoms with Crippen molar-refractivity contribution in [2.75, 3.05) is 0 Å². The first-order valence-corrected chi connectivity index (χ1v) is 10.3. The Labute approximate surface area is 184 Å². The summed E-state index contributed by atoms with van der Waals surface area (Å²) in [7, 11) is 0. The van der Waals surface area contributed by atoms with Crippen LogP contribution in [0, 0.1) is 0 Å². The Morgan fingerprint density at radius 1 is 1.03 bits per heavy atom. The highest BCUT2D eigenvalue weighted by Crippen LogP contribution is 2.27. The van der Waals surface area contributed by atoms with Gasteiger partial charge < -0.3 is 0 Å². The molecule has 1 atom stereocenters. The van der Waals surface area contributed by atoms with Crippen LogP contribution in [0.3, 0.4) is 0 Å². The first-order valence-electron chi connectivity index (χ1n) is 9.58. The van der Waals surface area contributed by atoms with Gasteiger partial charge in [-0.25, -0.2) is 5.01 Å². The van der Waals surface area contributed by atoms with E-state index in [4.69, 9.17) is 23.2 Å². The van der Waals surface area contributed by atoms with Crippen LogP contribution in [0.4, 0.5) is 0 Å². The lowest BCUT2D eigenvalue weighted by Crippen LogP contribution is -2.60. The Morgan fingerprint density at radius 3 is 2.23 bits per heavy atom. The van der Waals surface area contributed by atoms with Gasteiger partial charge in [0.15, 0.2) is 5.78 Å². The molecule has 0 unspecified atom stereocenters. The maximum absolute atomic E-state index is 13.5. The third kappa shape index (κ3) is 4.40. The molecule has 0 bridgehead atoms. The molecule has 2 aromatic rings. The second-order valence-electron chi connectivity index (χ2n) is 6.88. The van der Waals surface area contributed by atoms with Crippen LogP contribution < -0.4 is 0 Å². The summed E-state index contributed by atoms with van der Waals surface area (Å²) in [6.07, 6.45) is 0.822. The zero-order valence-corrected chi connectivity index (χ0v) is 17.8. The number of rotatable bonds is 6. The van der Waals surface area contributed by atoms with Crippen LogP contribution in [0.1, 0.15) is 53.3 Å². The van der Waals surface area contributed by atoms with Gasteiger partial charge in [-0.2, -0.15) is 5.01 Å². The molecule has 0 aromatic heterocycles. The number of halogens is 2. The van der Waals surface area contributed by atoms with E-state index in [9.17, 15) is 19.2 Å². The molecule has 8 heteroatoms. The van der Waals surface area contributed by atoms with Gasteiger partial charge in [0.2, 0.25) is 11.8 Å². The Morgan fingerprint density at radius 2 is 1.67 bits per heavy atom. The van der Waals surface area contributed by atoms with Crippen molar-refractivity contribution in [2.45, 2.75) is 38.6 Å². The number of imide groups is 1. The Balaban J connectivity index is 2.10. The molecule has 1 fully saturated rings. The van der Waals surface area contributed by atoms with E-state index in [1.54, 1.807) is 37.3 Å². The fourth-order valence-corrected chi connectivity index (χ4v) is 3.89. The lowest BCUT2D eigenvalue weighted by atomic mass is 10.00. The first-order chi connectivity index (χ1) is 14.3. The molecule has 1 saturated heterocycles. The summed E-state index contributed by atoms with van der Waals surface area (Å²) in [5.41, 5.74) is 0.424. The van der Waals surface area contributed by atoms with Crippen molar-refractivity contribution in [1.82, 2.24) is 10.0 Å². The fraction of sp³-hybridized carbons (Fsp3) is 0.273. The minimum Gasteiger partial charge on any atom is -0.292 e. The third-order valence-corrected chi connectivity index (χ3v) is 5.43. The maximum atomic E-state index is 13.5. The number of carbonyl (C=O) groups is 4. The topological polar surface area (TPSA) is 74.8 Å². The number of hydrogen-bond acceptors (Lipinski definition) is 4. The van der Waals surface area contributed by atoms with Gasteiger partial charge in [0.25, 0.3) is 5.91 Å². The largest absolute Gasteiger partial charge is 0.292 e. The second-order valence-corrected chi connectivity index (χ2v) is 7.72. The number of Topliss-reactive ketones (excluding diaryl/α,β-unsaturated/α-hetero) is 1. The highest BCUT2D eigenvalue weighted by atomic mass is 35.5. The molecule has 0 aliphatic carbocycles. The minimum atomic E-state index is -1.06. The summed E-state index contributed by atoms with van der Waals surface area (Å²) in [5, 5.41) is 2.18. The monoisotopic (exact) mass is 446 g/mol. The number of benzene rings is 2. The summed E-state index contributed by atoms with van der Waals surface area (Å²) in [4.78, 5) is 52.0. The summed E-state index contributed by atoms with van der Waals surface area (Å²) in [6.45, 7) is 1.72.